The molecule has 0 saturated heterocycles. The van der Waals surface area contributed by atoms with Gasteiger partial charge >= 0.3 is 5.97 Å². The number of aryl methyl sites for hydroxylation is 1. The van der Waals surface area contributed by atoms with Crippen molar-refractivity contribution in [2.45, 2.75) is 6.92 Å². The van der Waals surface area contributed by atoms with Crippen molar-refractivity contribution in [3.63, 3.8) is 0 Å². The van der Waals surface area contributed by atoms with Crippen molar-refractivity contribution in [3.8, 4) is 5.82 Å². The van der Waals surface area contributed by atoms with Gasteiger partial charge in [0, 0.05) is 6.20 Å². The molecule has 6 heteroatoms. The van der Waals surface area contributed by atoms with E-state index in [9.17, 15) is 4.79 Å². The molecule has 0 amide bonds. The van der Waals surface area contributed by atoms with Gasteiger partial charge < -0.3 is 5.11 Å². The van der Waals surface area contributed by atoms with Gasteiger partial charge in [-0.2, -0.15) is 5.10 Å². The lowest BCUT2D eigenvalue weighted by atomic mass is 10.4. The zero-order chi connectivity index (χ0) is 10.8. The van der Waals surface area contributed by atoms with Crippen LogP contribution in [0, 0.1) is 6.92 Å². The normalized spacial score (nSPS) is 10.2. The van der Waals surface area contributed by atoms with Crippen LogP contribution in [-0.4, -0.2) is 30.8 Å². The van der Waals surface area contributed by atoms with Crippen LogP contribution in [0.2, 0.25) is 0 Å². The van der Waals surface area contributed by atoms with Gasteiger partial charge in [0.15, 0.2) is 11.5 Å². The Morgan fingerprint density at radius 3 is 2.73 bits per heavy atom. The zero-order valence-electron chi connectivity index (χ0n) is 7.95. The van der Waals surface area contributed by atoms with E-state index in [0.29, 0.717) is 5.82 Å². The number of imidazole rings is 1. The average molecular weight is 204 g/mol. The molecule has 0 aliphatic carbocycles. The summed E-state index contributed by atoms with van der Waals surface area (Å²) in [5, 5.41) is 16.4. The van der Waals surface area contributed by atoms with Crippen molar-refractivity contribution in [1.82, 2.24) is 19.7 Å². The number of carboxylic acid groups (broad SMARTS) is 1. The van der Waals surface area contributed by atoms with Crippen LogP contribution < -0.4 is 0 Å². The molecular formula is C9H8N4O2. The van der Waals surface area contributed by atoms with Crippen LogP contribution in [-0.2, 0) is 0 Å². The van der Waals surface area contributed by atoms with Gasteiger partial charge in [-0.3, -0.25) is 4.57 Å². The van der Waals surface area contributed by atoms with Crippen LogP contribution in [0.5, 0.6) is 0 Å². The summed E-state index contributed by atoms with van der Waals surface area (Å²) >= 11 is 0. The Kier molecular flexibility index (Phi) is 2.17. The zero-order valence-corrected chi connectivity index (χ0v) is 7.95. The molecule has 0 aliphatic rings. The Labute approximate surface area is 85.2 Å². The van der Waals surface area contributed by atoms with E-state index in [4.69, 9.17) is 5.11 Å². The third-order valence-corrected chi connectivity index (χ3v) is 1.85. The molecule has 2 aromatic heterocycles. The monoisotopic (exact) mass is 204 g/mol. The van der Waals surface area contributed by atoms with Gasteiger partial charge in [0.05, 0.1) is 5.69 Å². The number of hydrogen-bond donors (Lipinski definition) is 1. The highest BCUT2D eigenvalue weighted by Crippen LogP contribution is 2.04. The Morgan fingerprint density at radius 2 is 2.20 bits per heavy atom. The summed E-state index contributed by atoms with van der Waals surface area (Å²) in [7, 11) is 0. The Bertz CT molecular complexity index is 489. The number of carbonyl (C=O) groups is 1. The summed E-state index contributed by atoms with van der Waals surface area (Å²) in [6, 6.07) is 3.54. The Hall–Kier alpha value is -2.24. The number of rotatable bonds is 2. The molecule has 0 atom stereocenters. The predicted octanol–water partition coefficient (Wildman–Crippen LogP) is 0.669. The SMILES string of the molecule is Cc1ccc(-n2cnc(C(=O)O)c2)nn1. The molecular weight excluding hydrogens is 196 g/mol. The van der Waals surface area contributed by atoms with Crippen molar-refractivity contribution in [3.05, 3.63) is 36.0 Å². The highest BCUT2D eigenvalue weighted by atomic mass is 16.4. The average Bonchev–Trinajstić information content (AvgIpc) is 2.68. The van der Waals surface area contributed by atoms with Crippen molar-refractivity contribution in [2.75, 3.05) is 0 Å². The van der Waals surface area contributed by atoms with E-state index < -0.39 is 5.97 Å². The first-order valence-electron chi connectivity index (χ1n) is 4.25. The molecule has 2 heterocycles. The minimum atomic E-state index is -1.06. The van der Waals surface area contributed by atoms with Crippen molar-refractivity contribution >= 4 is 5.97 Å². The Morgan fingerprint density at radius 1 is 1.40 bits per heavy atom. The summed E-state index contributed by atoms with van der Waals surface area (Å²) in [4.78, 5) is 14.3. The van der Waals surface area contributed by atoms with Crippen LogP contribution >= 0.6 is 0 Å². The fourth-order valence-corrected chi connectivity index (χ4v) is 1.09. The number of nitrogens with zero attached hydrogens (tertiary/aromatic N) is 4. The third kappa shape index (κ3) is 1.83. The predicted molar refractivity (Wildman–Crippen MR) is 50.9 cm³/mol. The topological polar surface area (TPSA) is 80.9 Å². The van der Waals surface area contributed by atoms with Crippen LogP contribution in [0.25, 0.3) is 5.82 Å². The largest absolute Gasteiger partial charge is 0.476 e. The molecule has 15 heavy (non-hydrogen) atoms. The maximum atomic E-state index is 10.6. The smallest absolute Gasteiger partial charge is 0.356 e. The molecule has 0 fully saturated rings. The van der Waals surface area contributed by atoms with E-state index in [0.717, 1.165) is 5.69 Å². The minimum Gasteiger partial charge on any atom is -0.476 e. The lowest BCUT2D eigenvalue weighted by Crippen LogP contribution is -1.98. The number of carboxylic acids is 1. The molecule has 2 aromatic rings. The first-order chi connectivity index (χ1) is 7.16. The first kappa shape index (κ1) is 9.32. The van der Waals surface area contributed by atoms with Crippen molar-refractivity contribution in [2.24, 2.45) is 0 Å². The molecule has 0 unspecified atom stereocenters. The summed E-state index contributed by atoms with van der Waals surface area (Å²) < 4.78 is 1.51. The van der Waals surface area contributed by atoms with E-state index in [2.05, 4.69) is 15.2 Å². The maximum Gasteiger partial charge on any atom is 0.356 e. The molecule has 6 nitrogen and oxygen atoms in total. The number of hydrogen-bond acceptors (Lipinski definition) is 4. The van der Waals surface area contributed by atoms with Gasteiger partial charge in [-0.15, -0.1) is 5.10 Å². The summed E-state index contributed by atoms with van der Waals surface area (Å²) in [6.45, 7) is 1.83. The van der Waals surface area contributed by atoms with Crippen LogP contribution in [0.3, 0.4) is 0 Å². The van der Waals surface area contributed by atoms with Crippen molar-refractivity contribution in [1.29, 1.82) is 0 Å². The molecule has 0 spiro atoms. The highest BCUT2D eigenvalue weighted by Gasteiger charge is 2.07. The lowest BCUT2D eigenvalue weighted by Gasteiger charge is -1.98. The maximum absolute atomic E-state index is 10.6. The minimum absolute atomic E-state index is 0.0163. The van der Waals surface area contributed by atoms with Crippen LogP contribution in [0.1, 0.15) is 16.2 Å². The van der Waals surface area contributed by atoms with Gasteiger partial charge in [0.1, 0.15) is 6.33 Å². The van der Waals surface area contributed by atoms with Gasteiger partial charge in [-0.1, -0.05) is 0 Å². The highest BCUT2D eigenvalue weighted by molar-refractivity contribution is 5.85. The fourth-order valence-electron chi connectivity index (χ4n) is 1.09. The van der Waals surface area contributed by atoms with Crippen LogP contribution in [0.15, 0.2) is 24.7 Å². The molecule has 0 saturated carbocycles. The van der Waals surface area contributed by atoms with E-state index in [1.54, 1.807) is 12.1 Å². The van der Waals surface area contributed by atoms with Gasteiger partial charge in [0.25, 0.3) is 0 Å². The molecule has 0 radical (unpaired) electrons. The van der Waals surface area contributed by atoms with E-state index in [-0.39, 0.29) is 5.69 Å². The van der Waals surface area contributed by atoms with E-state index in [1.165, 1.54) is 17.1 Å². The number of aromatic carboxylic acids is 1. The van der Waals surface area contributed by atoms with Gasteiger partial charge in [-0.25, -0.2) is 9.78 Å². The lowest BCUT2D eigenvalue weighted by molar-refractivity contribution is 0.0691. The second-order valence-electron chi connectivity index (χ2n) is 3.00. The summed E-state index contributed by atoms with van der Waals surface area (Å²) in [5.74, 6) is -0.519. The molecule has 76 valence electrons. The Balaban J connectivity index is 2.37. The van der Waals surface area contributed by atoms with Crippen LogP contribution in [0.4, 0.5) is 0 Å². The molecule has 0 aromatic carbocycles. The fraction of sp³-hybridized carbons (Fsp3) is 0.111. The molecule has 0 aliphatic heterocycles. The summed E-state index contributed by atoms with van der Waals surface area (Å²) in [6.07, 6.45) is 2.78. The molecule has 1 N–H and O–H groups in total. The molecule has 2 rings (SSSR count). The second kappa shape index (κ2) is 3.49. The second-order valence-corrected chi connectivity index (χ2v) is 3.00. The van der Waals surface area contributed by atoms with E-state index in [1.807, 2.05) is 6.92 Å². The van der Waals surface area contributed by atoms with Crippen molar-refractivity contribution < 1.29 is 9.90 Å². The van der Waals surface area contributed by atoms with E-state index >= 15 is 0 Å². The third-order valence-electron chi connectivity index (χ3n) is 1.85. The quantitative estimate of drug-likeness (QED) is 0.777. The summed E-state index contributed by atoms with van der Waals surface area (Å²) in [5.41, 5.74) is 0.787. The molecule has 0 bridgehead atoms. The van der Waals surface area contributed by atoms with Gasteiger partial charge in [-0.05, 0) is 19.1 Å². The first-order valence-corrected chi connectivity index (χ1v) is 4.25. The van der Waals surface area contributed by atoms with Gasteiger partial charge in [0.2, 0.25) is 0 Å². The number of aromatic nitrogens is 4. The standard InChI is InChI=1S/C9H8N4O2/c1-6-2-3-8(12-11-6)13-4-7(9(14)15)10-5-13/h2-5H,1H3,(H,14,15).